The Hall–Kier alpha value is -2.59. The third-order valence-electron chi connectivity index (χ3n) is 4.55. The molecule has 3 rings (SSSR count). The highest BCUT2D eigenvalue weighted by molar-refractivity contribution is 6.32. The van der Waals surface area contributed by atoms with Gasteiger partial charge < -0.3 is 9.47 Å². The first-order valence-electron chi connectivity index (χ1n) is 8.92. The van der Waals surface area contributed by atoms with Gasteiger partial charge in [0.1, 0.15) is 12.4 Å². The normalized spacial score (nSPS) is 14.6. The van der Waals surface area contributed by atoms with Crippen LogP contribution in [0.1, 0.15) is 40.4 Å². The topological polar surface area (TPSA) is 52.6 Å². The number of esters is 1. The molecule has 0 N–H and O–H groups in total. The second-order valence-corrected chi connectivity index (χ2v) is 6.74. The molecule has 140 valence electrons. The van der Waals surface area contributed by atoms with E-state index in [1.54, 1.807) is 19.1 Å². The lowest BCUT2D eigenvalue weighted by Crippen LogP contribution is -2.20. The van der Waals surface area contributed by atoms with Crippen LogP contribution in [-0.2, 0) is 16.0 Å². The molecule has 4 nitrogen and oxygen atoms in total. The Balaban J connectivity index is 1.88. The molecule has 27 heavy (non-hydrogen) atoms. The van der Waals surface area contributed by atoms with Gasteiger partial charge >= 0.3 is 5.97 Å². The lowest BCUT2D eigenvalue weighted by molar-refractivity contribution is -0.143. The van der Waals surface area contributed by atoms with E-state index in [0.29, 0.717) is 41.4 Å². The molecule has 0 radical (unpaired) electrons. The van der Waals surface area contributed by atoms with E-state index in [1.807, 2.05) is 37.3 Å². The number of benzene rings is 2. The maximum Gasteiger partial charge on any atom is 0.306 e. The molecule has 0 unspecified atom stereocenters. The molecule has 2 aromatic rings. The van der Waals surface area contributed by atoms with Crippen LogP contribution >= 0.6 is 11.6 Å². The van der Waals surface area contributed by atoms with Crippen molar-refractivity contribution < 1.29 is 19.1 Å². The van der Waals surface area contributed by atoms with E-state index in [4.69, 9.17) is 21.1 Å². The Kier molecular flexibility index (Phi) is 5.97. The standard InChI is InChI=1S/C22H21ClO4/c1-3-26-20(24)11-8-15-6-4-5-7-16(15)12-17-13-27-19-10-9-18(23)14(2)21(19)22(17)25/h4-7,9-10,12H,3,8,11,13H2,1-2H3. The summed E-state index contributed by atoms with van der Waals surface area (Å²) in [5.41, 5.74) is 3.69. The van der Waals surface area contributed by atoms with E-state index in [-0.39, 0.29) is 18.4 Å². The smallest absolute Gasteiger partial charge is 0.306 e. The molecular formula is C22H21ClO4. The van der Waals surface area contributed by atoms with E-state index in [9.17, 15) is 9.59 Å². The van der Waals surface area contributed by atoms with Crippen molar-refractivity contribution in [1.29, 1.82) is 0 Å². The Labute approximate surface area is 163 Å². The van der Waals surface area contributed by atoms with Crippen molar-refractivity contribution in [1.82, 2.24) is 0 Å². The third-order valence-corrected chi connectivity index (χ3v) is 4.96. The summed E-state index contributed by atoms with van der Waals surface area (Å²) in [5.74, 6) is 0.266. The van der Waals surface area contributed by atoms with Crippen LogP contribution in [0, 0.1) is 6.92 Å². The summed E-state index contributed by atoms with van der Waals surface area (Å²) in [7, 11) is 0. The first kappa shape index (κ1) is 19.2. The van der Waals surface area contributed by atoms with Crippen LogP contribution in [0.15, 0.2) is 42.0 Å². The highest BCUT2D eigenvalue weighted by atomic mass is 35.5. The van der Waals surface area contributed by atoms with E-state index < -0.39 is 0 Å². The van der Waals surface area contributed by atoms with Crippen LogP contribution in [0.5, 0.6) is 5.75 Å². The van der Waals surface area contributed by atoms with Crippen LogP contribution in [-0.4, -0.2) is 25.0 Å². The van der Waals surface area contributed by atoms with Gasteiger partial charge in [0.05, 0.1) is 12.2 Å². The minimum absolute atomic E-state index is 0.0727. The Morgan fingerprint density at radius 1 is 1.26 bits per heavy atom. The van der Waals surface area contributed by atoms with Gasteiger partial charge in [-0.25, -0.2) is 0 Å². The Morgan fingerprint density at radius 3 is 2.81 bits per heavy atom. The highest BCUT2D eigenvalue weighted by Crippen LogP contribution is 2.34. The molecule has 0 atom stereocenters. The van der Waals surface area contributed by atoms with E-state index in [2.05, 4.69) is 0 Å². The van der Waals surface area contributed by atoms with Gasteiger partial charge in [0, 0.05) is 17.0 Å². The van der Waals surface area contributed by atoms with Crippen LogP contribution in [0.25, 0.3) is 6.08 Å². The first-order valence-corrected chi connectivity index (χ1v) is 9.29. The molecule has 0 bridgehead atoms. The second-order valence-electron chi connectivity index (χ2n) is 6.34. The summed E-state index contributed by atoms with van der Waals surface area (Å²) in [6, 6.07) is 11.2. The lowest BCUT2D eigenvalue weighted by Gasteiger charge is -2.21. The third kappa shape index (κ3) is 4.22. The Morgan fingerprint density at radius 2 is 2.04 bits per heavy atom. The zero-order chi connectivity index (χ0) is 19.4. The van der Waals surface area contributed by atoms with Crippen molar-refractivity contribution in [2.45, 2.75) is 26.7 Å². The number of hydrogen-bond acceptors (Lipinski definition) is 4. The minimum atomic E-state index is -0.226. The summed E-state index contributed by atoms with van der Waals surface area (Å²) in [6.45, 7) is 4.19. The second kappa shape index (κ2) is 8.40. The van der Waals surface area contributed by atoms with Gasteiger partial charge in [-0.2, -0.15) is 0 Å². The van der Waals surface area contributed by atoms with Crippen molar-refractivity contribution in [3.05, 3.63) is 69.2 Å². The number of ketones is 1. The van der Waals surface area contributed by atoms with Gasteiger partial charge in [0.25, 0.3) is 0 Å². The van der Waals surface area contributed by atoms with Crippen molar-refractivity contribution >= 4 is 29.4 Å². The SMILES string of the molecule is CCOC(=O)CCc1ccccc1C=C1COc2ccc(Cl)c(C)c2C1=O. The van der Waals surface area contributed by atoms with Gasteiger partial charge in [-0.3, -0.25) is 9.59 Å². The number of Topliss-reactive ketones (excluding diaryl/α,β-unsaturated/α-hetero) is 1. The molecule has 2 aromatic carbocycles. The van der Waals surface area contributed by atoms with Crippen LogP contribution in [0.3, 0.4) is 0 Å². The molecular weight excluding hydrogens is 364 g/mol. The molecule has 0 fully saturated rings. The average Bonchev–Trinajstić information content (AvgIpc) is 2.66. The van der Waals surface area contributed by atoms with Crippen molar-refractivity contribution in [3.8, 4) is 5.75 Å². The average molecular weight is 385 g/mol. The Bertz CT molecular complexity index is 915. The zero-order valence-corrected chi connectivity index (χ0v) is 16.1. The molecule has 1 heterocycles. The number of hydrogen-bond donors (Lipinski definition) is 0. The van der Waals surface area contributed by atoms with E-state index in [0.717, 1.165) is 16.7 Å². The number of aryl methyl sites for hydroxylation is 1. The maximum absolute atomic E-state index is 13.0. The van der Waals surface area contributed by atoms with Crippen LogP contribution < -0.4 is 4.74 Å². The fraction of sp³-hybridized carbons (Fsp3) is 0.273. The maximum atomic E-state index is 13.0. The predicted molar refractivity (Wildman–Crippen MR) is 105 cm³/mol. The molecule has 0 saturated carbocycles. The molecule has 1 aliphatic rings. The van der Waals surface area contributed by atoms with Gasteiger partial charge in [-0.05, 0) is 55.2 Å². The summed E-state index contributed by atoms with van der Waals surface area (Å²) in [4.78, 5) is 24.6. The summed E-state index contributed by atoms with van der Waals surface area (Å²) in [5, 5.41) is 0.543. The summed E-state index contributed by atoms with van der Waals surface area (Å²) < 4.78 is 10.8. The molecule has 0 aliphatic carbocycles. The summed E-state index contributed by atoms with van der Waals surface area (Å²) in [6.07, 6.45) is 2.69. The number of carbonyl (C=O) groups excluding carboxylic acids is 2. The molecule has 0 aromatic heterocycles. The highest BCUT2D eigenvalue weighted by Gasteiger charge is 2.26. The predicted octanol–water partition coefficient (Wildman–Crippen LogP) is 4.80. The number of carbonyl (C=O) groups is 2. The largest absolute Gasteiger partial charge is 0.488 e. The molecule has 0 spiro atoms. The molecule has 5 heteroatoms. The van der Waals surface area contributed by atoms with Crippen molar-refractivity contribution in [3.63, 3.8) is 0 Å². The summed E-state index contributed by atoms with van der Waals surface area (Å²) >= 11 is 6.17. The molecule has 0 amide bonds. The molecule has 1 aliphatic heterocycles. The number of halogens is 1. The number of rotatable bonds is 5. The van der Waals surface area contributed by atoms with Gasteiger partial charge in [-0.1, -0.05) is 35.9 Å². The molecule has 0 saturated heterocycles. The van der Waals surface area contributed by atoms with Crippen molar-refractivity contribution in [2.24, 2.45) is 0 Å². The van der Waals surface area contributed by atoms with E-state index in [1.165, 1.54) is 0 Å². The van der Waals surface area contributed by atoms with Crippen LogP contribution in [0.2, 0.25) is 5.02 Å². The number of fused-ring (bicyclic) bond motifs is 1. The monoisotopic (exact) mass is 384 g/mol. The van der Waals surface area contributed by atoms with E-state index >= 15 is 0 Å². The first-order chi connectivity index (χ1) is 13.0. The minimum Gasteiger partial charge on any atom is -0.488 e. The van der Waals surface area contributed by atoms with Gasteiger partial charge in [0.2, 0.25) is 0 Å². The zero-order valence-electron chi connectivity index (χ0n) is 15.4. The van der Waals surface area contributed by atoms with Gasteiger partial charge in [-0.15, -0.1) is 0 Å². The van der Waals surface area contributed by atoms with Crippen molar-refractivity contribution in [2.75, 3.05) is 13.2 Å². The quantitative estimate of drug-likeness (QED) is 0.548. The van der Waals surface area contributed by atoms with Crippen LogP contribution in [0.4, 0.5) is 0 Å². The fourth-order valence-corrected chi connectivity index (χ4v) is 3.27. The fourth-order valence-electron chi connectivity index (χ4n) is 3.11. The van der Waals surface area contributed by atoms with Gasteiger partial charge in [0.15, 0.2) is 5.78 Å². The lowest BCUT2D eigenvalue weighted by atomic mass is 9.93. The number of ether oxygens (including phenoxy) is 2.